The summed E-state index contributed by atoms with van der Waals surface area (Å²) in [6.07, 6.45) is 1.20. The van der Waals surface area contributed by atoms with Gasteiger partial charge in [0.15, 0.2) is 0 Å². The zero-order valence-corrected chi connectivity index (χ0v) is 10.2. The van der Waals surface area contributed by atoms with Gasteiger partial charge in [0.05, 0.1) is 11.7 Å². The van der Waals surface area contributed by atoms with E-state index in [-0.39, 0.29) is 0 Å². The van der Waals surface area contributed by atoms with Crippen LogP contribution in [0, 0.1) is 26.7 Å². The van der Waals surface area contributed by atoms with Crippen molar-refractivity contribution in [2.24, 2.45) is 5.92 Å². The Bertz CT molecular complexity index is 354. The van der Waals surface area contributed by atoms with Crippen LogP contribution < -0.4 is 5.32 Å². The molecule has 15 heavy (non-hydrogen) atoms. The predicted octanol–water partition coefficient (Wildman–Crippen LogP) is 1.98. The van der Waals surface area contributed by atoms with Gasteiger partial charge < -0.3 is 5.32 Å². The lowest BCUT2D eigenvalue weighted by Gasteiger charge is -2.30. The van der Waals surface area contributed by atoms with Crippen LogP contribution in [-0.2, 0) is 0 Å². The van der Waals surface area contributed by atoms with Crippen LogP contribution in [0.25, 0.3) is 0 Å². The van der Waals surface area contributed by atoms with E-state index in [2.05, 4.69) is 42.8 Å². The van der Waals surface area contributed by atoms with Crippen molar-refractivity contribution in [1.82, 2.24) is 15.1 Å². The van der Waals surface area contributed by atoms with Crippen molar-refractivity contribution in [3.05, 3.63) is 17.0 Å². The zero-order chi connectivity index (χ0) is 11.0. The van der Waals surface area contributed by atoms with Gasteiger partial charge in [0, 0.05) is 5.69 Å². The lowest BCUT2D eigenvalue weighted by molar-refractivity contribution is 0.251. The van der Waals surface area contributed by atoms with Gasteiger partial charge >= 0.3 is 0 Å². The third-order valence-corrected chi connectivity index (χ3v) is 3.74. The van der Waals surface area contributed by atoms with Crippen molar-refractivity contribution in [3.63, 3.8) is 0 Å². The van der Waals surface area contributed by atoms with Gasteiger partial charge in [-0.05, 0) is 51.8 Å². The molecule has 1 aliphatic rings. The maximum Gasteiger partial charge on any atom is 0.0625 e. The van der Waals surface area contributed by atoms with Crippen LogP contribution in [-0.4, -0.2) is 22.9 Å². The van der Waals surface area contributed by atoms with Crippen molar-refractivity contribution in [1.29, 1.82) is 0 Å². The second-order valence-corrected chi connectivity index (χ2v) is 4.78. The Hall–Kier alpha value is -0.830. The van der Waals surface area contributed by atoms with E-state index >= 15 is 0 Å². The molecule has 0 aromatic carbocycles. The minimum Gasteiger partial charge on any atom is -0.316 e. The SMILES string of the molecule is Cc1nn(C2CCNCC2C)c(C)c1C. The highest BCUT2D eigenvalue weighted by Crippen LogP contribution is 2.26. The molecule has 0 aliphatic carbocycles. The van der Waals surface area contributed by atoms with Crippen LogP contribution >= 0.6 is 0 Å². The molecule has 1 aromatic rings. The Balaban J connectivity index is 2.31. The highest BCUT2D eigenvalue weighted by atomic mass is 15.3. The van der Waals surface area contributed by atoms with E-state index in [1.807, 2.05) is 0 Å². The van der Waals surface area contributed by atoms with E-state index in [1.54, 1.807) is 0 Å². The largest absolute Gasteiger partial charge is 0.316 e. The van der Waals surface area contributed by atoms with Crippen LogP contribution in [0.15, 0.2) is 0 Å². The third-order valence-electron chi connectivity index (χ3n) is 3.74. The Labute approximate surface area is 91.9 Å². The fourth-order valence-electron chi connectivity index (χ4n) is 2.43. The summed E-state index contributed by atoms with van der Waals surface area (Å²) in [6.45, 7) is 11.0. The fraction of sp³-hybridized carbons (Fsp3) is 0.750. The first kappa shape index (κ1) is 10.7. The number of aryl methyl sites for hydroxylation is 1. The molecule has 0 spiro atoms. The summed E-state index contributed by atoms with van der Waals surface area (Å²) in [4.78, 5) is 0. The van der Waals surface area contributed by atoms with Crippen molar-refractivity contribution in [2.75, 3.05) is 13.1 Å². The monoisotopic (exact) mass is 207 g/mol. The minimum absolute atomic E-state index is 0.582. The normalized spacial score (nSPS) is 26.9. The average molecular weight is 207 g/mol. The summed E-state index contributed by atoms with van der Waals surface area (Å²) in [6, 6.07) is 0.582. The first-order valence-electron chi connectivity index (χ1n) is 5.84. The molecule has 0 radical (unpaired) electrons. The Kier molecular flexibility index (Phi) is 2.83. The maximum atomic E-state index is 4.67. The van der Waals surface area contributed by atoms with Crippen molar-refractivity contribution < 1.29 is 0 Å². The van der Waals surface area contributed by atoms with Gasteiger partial charge in [-0.1, -0.05) is 6.92 Å². The van der Waals surface area contributed by atoms with Crippen LogP contribution in [0.4, 0.5) is 0 Å². The van der Waals surface area contributed by atoms with Gasteiger partial charge in [-0.3, -0.25) is 4.68 Å². The Morgan fingerprint density at radius 3 is 2.60 bits per heavy atom. The molecule has 0 bridgehead atoms. The molecule has 0 saturated carbocycles. The molecule has 2 unspecified atom stereocenters. The number of hydrogen-bond acceptors (Lipinski definition) is 2. The Morgan fingerprint density at radius 1 is 1.33 bits per heavy atom. The third kappa shape index (κ3) is 1.81. The number of hydrogen-bond donors (Lipinski definition) is 1. The van der Waals surface area contributed by atoms with E-state index in [9.17, 15) is 0 Å². The first-order valence-corrected chi connectivity index (χ1v) is 5.84. The van der Waals surface area contributed by atoms with Gasteiger partial charge in [0.1, 0.15) is 0 Å². The van der Waals surface area contributed by atoms with Gasteiger partial charge in [0.2, 0.25) is 0 Å². The van der Waals surface area contributed by atoms with Crippen LogP contribution in [0.3, 0.4) is 0 Å². The fourth-order valence-corrected chi connectivity index (χ4v) is 2.43. The summed E-state index contributed by atoms with van der Waals surface area (Å²) >= 11 is 0. The van der Waals surface area contributed by atoms with Crippen LogP contribution in [0.2, 0.25) is 0 Å². The number of nitrogens with zero attached hydrogens (tertiary/aromatic N) is 2. The van der Waals surface area contributed by atoms with Crippen molar-refractivity contribution in [2.45, 2.75) is 40.2 Å². The number of rotatable bonds is 1. The lowest BCUT2D eigenvalue weighted by Crippen LogP contribution is -2.37. The number of aromatic nitrogens is 2. The molecular weight excluding hydrogens is 186 g/mol. The first-order chi connectivity index (χ1) is 7.11. The molecule has 2 atom stereocenters. The smallest absolute Gasteiger partial charge is 0.0625 e. The minimum atomic E-state index is 0.582. The summed E-state index contributed by atoms with van der Waals surface area (Å²) in [5.41, 5.74) is 3.87. The van der Waals surface area contributed by atoms with E-state index < -0.39 is 0 Å². The molecular formula is C12H21N3. The highest BCUT2D eigenvalue weighted by Gasteiger charge is 2.25. The molecule has 2 heterocycles. The summed E-state index contributed by atoms with van der Waals surface area (Å²) in [5.74, 6) is 0.677. The zero-order valence-electron chi connectivity index (χ0n) is 10.2. The van der Waals surface area contributed by atoms with E-state index in [0.717, 1.165) is 13.1 Å². The summed E-state index contributed by atoms with van der Waals surface area (Å²) < 4.78 is 2.25. The van der Waals surface area contributed by atoms with E-state index in [4.69, 9.17) is 0 Å². The molecule has 1 saturated heterocycles. The van der Waals surface area contributed by atoms with Crippen molar-refractivity contribution in [3.8, 4) is 0 Å². The summed E-state index contributed by atoms with van der Waals surface area (Å²) in [5, 5.41) is 8.11. The number of piperidine rings is 1. The topological polar surface area (TPSA) is 29.9 Å². The molecule has 3 nitrogen and oxygen atoms in total. The second kappa shape index (κ2) is 3.97. The molecule has 3 heteroatoms. The average Bonchev–Trinajstić information content (AvgIpc) is 2.47. The van der Waals surface area contributed by atoms with E-state index in [1.165, 1.54) is 23.4 Å². The second-order valence-electron chi connectivity index (χ2n) is 4.78. The standard InChI is InChI=1S/C12H21N3/c1-8-7-13-6-5-12(8)15-11(4)9(2)10(3)14-15/h8,12-13H,5-7H2,1-4H3. The van der Waals surface area contributed by atoms with Gasteiger partial charge in [-0.2, -0.15) is 5.10 Å². The molecule has 0 amide bonds. The highest BCUT2D eigenvalue weighted by molar-refractivity contribution is 5.22. The maximum absolute atomic E-state index is 4.67. The lowest BCUT2D eigenvalue weighted by atomic mass is 9.95. The molecule has 1 fully saturated rings. The van der Waals surface area contributed by atoms with Crippen molar-refractivity contribution >= 4 is 0 Å². The van der Waals surface area contributed by atoms with Gasteiger partial charge in [-0.25, -0.2) is 0 Å². The molecule has 1 N–H and O–H groups in total. The van der Waals surface area contributed by atoms with Crippen LogP contribution in [0.1, 0.15) is 36.3 Å². The molecule has 2 rings (SSSR count). The van der Waals surface area contributed by atoms with Gasteiger partial charge in [0.25, 0.3) is 0 Å². The quantitative estimate of drug-likeness (QED) is 0.763. The predicted molar refractivity (Wildman–Crippen MR) is 62.1 cm³/mol. The molecule has 1 aliphatic heterocycles. The Morgan fingerprint density at radius 2 is 2.07 bits per heavy atom. The summed E-state index contributed by atoms with van der Waals surface area (Å²) in [7, 11) is 0. The van der Waals surface area contributed by atoms with Gasteiger partial charge in [-0.15, -0.1) is 0 Å². The van der Waals surface area contributed by atoms with Crippen LogP contribution in [0.5, 0.6) is 0 Å². The molecule has 84 valence electrons. The number of nitrogens with one attached hydrogen (secondary N) is 1. The molecule has 1 aromatic heterocycles. The van der Waals surface area contributed by atoms with E-state index in [0.29, 0.717) is 12.0 Å².